The minimum absolute atomic E-state index is 0.200. The zero-order valence-electron chi connectivity index (χ0n) is 16.4. The van der Waals surface area contributed by atoms with Crippen LogP contribution in [0.15, 0.2) is 67.0 Å². The Hall–Kier alpha value is -3.67. The van der Waals surface area contributed by atoms with Crippen molar-refractivity contribution in [3.05, 3.63) is 78.4 Å². The number of pyridine rings is 2. The molecule has 29 heavy (non-hydrogen) atoms. The number of ether oxygens (including phenoxy) is 1. The highest BCUT2D eigenvalue weighted by Gasteiger charge is 2.17. The molecule has 0 aliphatic rings. The molecule has 3 aromatic heterocycles. The predicted octanol–water partition coefficient (Wildman–Crippen LogP) is 3.62. The van der Waals surface area contributed by atoms with E-state index in [1.807, 2.05) is 72.4 Å². The largest absolute Gasteiger partial charge is 0.496 e. The number of carbonyl (C=O) groups is 1. The quantitative estimate of drug-likeness (QED) is 0.550. The Morgan fingerprint density at radius 3 is 2.76 bits per heavy atom. The van der Waals surface area contributed by atoms with Crippen LogP contribution in [0.5, 0.6) is 5.75 Å². The van der Waals surface area contributed by atoms with Crippen LogP contribution < -0.4 is 10.1 Å². The van der Waals surface area contributed by atoms with E-state index in [9.17, 15) is 4.79 Å². The number of methoxy groups -OCH3 is 1. The van der Waals surface area contributed by atoms with Crippen LogP contribution in [0.25, 0.3) is 22.2 Å². The maximum atomic E-state index is 13.0. The van der Waals surface area contributed by atoms with Crippen LogP contribution in [0, 0.1) is 0 Å². The van der Waals surface area contributed by atoms with Gasteiger partial charge in [0, 0.05) is 49.1 Å². The molecule has 0 saturated heterocycles. The normalized spacial score (nSPS) is 10.8. The number of aromatic nitrogens is 3. The van der Waals surface area contributed by atoms with E-state index in [0.29, 0.717) is 24.4 Å². The smallest absolute Gasteiger partial charge is 0.270 e. The molecule has 0 saturated carbocycles. The lowest BCUT2D eigenvalue weighted by Crippen LogP contribution is -2.27. The molecule has 0 atom stereocenters. The molecule has 4 aromatic rings. The van der Waals surface area contributed by atoms with Crippen LogP contribution in [0.1, 0.15) is 16.2 Å². The third kappa shape index (κ3) is 3.82. The number of hydrogen-bond donors (Lipinski definition) is 1. The lowest BCUT2D eigenvalue weighted by Gasteiger charge is -2.11. The van der Waals surface area contributed by atoms with Crippen molar-refractivity contribution in [3.63, 3.8) is 0 Å². The molecular weight excluding hydrogens is 364 g/mol. The van der Waals surface area contributed by atoms with Gasteiger partial charge in [-0.15, -0.1) is 0 Å². The second-order valence-electron chi connectivity index (χ2n) is 6.74. The molecule has 3 heterocycles. The van der Waals surface area contributed by atoms with Gasteiger partial charge in [0.1, 0.15) is 11.4 Å². The third-order valence-corrected chi connectivity index (χ3v) is 4.87. The summed E-state index contributed by atoms with van der Waals surface area (Å²) in [6.45, 7) is 0.491. The third-order valence-electron chi connectivity index (χ3n) is 4.87. The van der Waals surface area contributed by atoms with E-state index in [4.69, 9.17) is 9.72 Å². The number of carbonyl (C=O) groups excluding carboxylic acids is 1. The van der Waals surface area contributed by atoms with Gasteiger partial charge in [-0.3, -0.25) is 9.78 Å². The maximum Gasteiger partial charge on any atom is 0.270 e. The first kappa shape index (κ1) is 18.7. The molecule has 0 bridgehead atoms. The molecule has 0 aliphatic carbocycles. The zero-order valence-corrected chi connectivity index (χ0v) is 16.4. The Balaban J connectivity index is 1.67. The van der Waals surface area contributed by atoms with Gasteiger partial charge in [-0.2, -0.15) is 0 Å². The molecule has 6 nitrogen and oxygen atoms in total. The van der Waals surface area contributed by atoms with Gasteiger partial charge in [-0.25, -0.2) is 4.98 Å². The summed E-state index contributed by atoms with van der Waals surface area (Å²) in [7, 11) is 3.59. The molecule has 0 radical (unpaired) electrons. The molecule has 1 N–H and O–H groups in total. The lowest BCUT2D eigenvalue weighted by atomic mass is 10.1. The van der Waals surface area contributed by atoms with Crippen molar-refractivity contribution in [3.8, 4) is 17.0 Å². The number of rotatable bonds is 6. The van der Waals surface area contributed by atoms with Crippen molar-refractivity contribution in [1.29, 1.82) is 0 Å². The monoisotopic (exact) mass is 386 g/mol. The average molecular weight is 386 g/mol. The number of fused-ring (bicyclic) bond motifs is 1. The van der Waals surface area contributed by atoms with Crippen LogP contribution in [-0.4, -0.2) is 34.1 Å². The van der Waals surface area contributed by atoms with Crippen LogP contribution in [0.2, 0.25) is 0 Å². The highest BCUT2D eigenvalue weighted by atomic mass is 16.5. The standard InChI is InChI=1S/C23H22N4O2/c1-27-14-11-18-20(27)15-19(17-8-3-4-9-21(17)29-2)26-22(18)23(28)25-13-10-16-7-5-6-12-24-16/h3-9,11-12,14-15H,10,13H2,1-2H3,(H,25,28). The molecule has 146 valence electrons. The van der Waals surface area contributed by atoms with Crippen LogP contribution in [0.3, 0.4) is 0 Å². The molecule has 6 heteroatoms. The molecule has 1 aromatic carbocycles. The Kier molecular flexibility index (Phi) is 5.24. The highest BCUT2D eigenvalue weighted by Crippen LogP contribution is 2.31. The summed E-state index contributed by atoms with van der Waals surface area (Å²) in [6, 6.07) is 17.3. The van der Waals surface area contributed by atoms with Crippen LogP contribution in [-0.2, 0) is 13.5 Å². The summed E-state index contributed by atoms with van der Waals surface area (Å²) in [5, 5.41) is 3.79. The topological polar surface area (TPSA) is 69.0 Å². The van der Waals surface area contributed by atoms with Crippen LogP contribution in [0.4, 0.5) is 0 Å². The fourth-order valence-electron chi connectivity index (χ4n) is 3.37. The van der Waals surface area contributed by atoms with Crippen molar-refractivity contribution in [2.75, 3.05) is 13.7 Å². The first-order chi connectivity index (χ1) is 14.2. The molecule has 1 amide bonds. The van der Waals surface area contributed by atoms with E-state index >= 15 is 0 Å². The second kappa shape index (κ2) is 8.14. The van der Waals surface area contributed by atoms with E-state index in [1.54, 1.807) is 13.3 Å². The fraction of sp³-hybridized carbons (Fsp3) is 0.174. The number of aryl methyl sites for hydroxylation is 1. The van der Waals surface area contributed by atoms with Gasteiger partial charge in [0.15, 0.2) is 0 Å². The number of para-hydroxylation sites is 1. The minimum atomic E-state index is -0.200. The number of hydrogen-bond acceptors (Lipinski definition) is 4. The van der Waals surface area contributed by atoms with Gasteiger partial charge in [0.2, 0.25) is 0 Å². The van der Waals surface area contributed by atoms with Crippen molar-refractivity contribution in [2.45, 2.75) is 6.42 Å². The van der Waals surface area contributed by atoms with Gasteiger partial charge in [0.25, 0.3) is 5.91 Å². The summed E-state index contributed by atoms with van der Waals surface area (Å²) in [6.07, 6.45) is 4.35. The van der Waals surface area contributed by atoms with Gasteiger partial charge in [0.05, 0.1) is 18.3 Å². The second-order valence-corrected chi connectivity index (χ2v) is 6.74. The molecule has 0 spiro atoms. The summed E-state index contributed by atoms with van der Waals surface area (Å²) < 4.78 is 7.47. The summed E-state index contributed by atoms with van der Waals surface area (Å²) >= 11 is 0. The van der Waals surface area contributed by atoms with Gasteiger partial charge in [-0.1, -0.05) is 18.2 Å². The van der Waals surface area contributed by atoms with Gasteiger partial charge in [-0.05, 0) is 36.4 Å². The van der Waals surface area contributed by atoms with E-state index in [1.165, 1.54) is 0 Å². The molecule has 4 rings (SSSR count). The van der Waals surface area contributed by atoms with Crippen molar-refractivity contribution < 1.29 is 9.53 Å². The highest BCUT2D eigenvalue weighted by molar-refractivity contribution is 6.05. The predicted molar refractivity (Wildman–Crippen MR) is 113 cm³/mol. The van der Waals surface area contributed by atoms with Gasteiger partial charge < -0.3 is 14.6 Å². The summed E-state index contributed by atoms with van der Waals surface area (Å²) in [4.78, 5) is 21.9. The molecule has 0 aliphatic heterocycles. The Bertz CT molecular complexity index is 1150. The van der Waals surface area contributed by atoms with Crippen molar-refractivity contribution in [2.24, 2.45) is 7.05 Å². The number of benzene rings is 1. The van der Waals surface area contributed by atoms with Crippen LogP contribution >= 0.6 is 0 Å². The summed E-state index contributed by atoms with van der Waals surface area (Å²) in [5.74, 6) is 0.518. The average Bonchev–Trinajstić information content (AvgIpc) is 3.14. The maximum absolute atomic E-state index is 13.0. The molecule has 0 unspecified atom stereocenters. The lowest BCUT2D eigenvalue weighted by molar-refractivity contribution is 0.0951. The number of amides is 1. The number of nitrogens with zero attached hydrogens (tertiary/aromatic N) is 3. The van der Waals surface area contributed by atoms with E-state index < -0.39 is 0 Å². The van der Waals surface area contributed by atoms with Crippen molar-refractivity contribution in [1.82, 2.24) is 19.9 Å². The fourth-order valence-corrected chi connectivity index (χ4v) is 3.37. The zero-order chi connectivity index (χ0) is 20.2. The van der Waals surface area contributed by atoms with Gasteiger partial charge >= 0.3 is 0 Å². The van der Waals surface area contributed by atoms with E-state index in [2.05, 4.69) is 10.3 Å². The SMILES string of the molecule is COc1ccccc1-c1cc2c(ccn2C)c(C(=O)NCCc2ccccn2)n1. The Labute approximate surface area is 169 Å². The minimum Gasteiger partial charge on any atom is -0.496 e. The Morgan fingerprint density at radius 1 is 1.14 bits per heavy atom. The molecule has 0 fully saturated rings. The van der Waals surface area contributed by atoms with E-state index in [0.717, 1.165) is 27.9 Å². The van der Waals surface area contributed by atoms with Crippen molar-refractivity contribution >= 4 is 16.8 Å². The summed E-state index contributed by atoms with van der Waals surface area (Å²) in [5.41, 5.74) is 3.83. The first-order valence-corrected chi connectivity index (χ1v) is 9.45. The first-order valence-electron chi connectivity index (χ1n) is 9.45. The number of nitrogens with one attached hydrogen (secondary N) is 1. The Morgan fingerprint density at radius 2 is 1.97 bits per heavy atom. The van der Waals surface area contributed by atoms with E-state index in [-0.39, 0.29) is 5.91 Å². The molecular formula is C23H22N4O2.